The molecule has 18 heavy (non-hydrogen) atoms. The van der Waals surface area contributed by atoms with Crippen molar-refractivity contribution in [2.75, 3.05) is 24.6 Å². The van der Waals surface area contributed by atoms with Crippen LogP contribution in [0.3, 0.4) is 0 Å². The zero-order valence-corrected chi connectivity index (χ0v) is 11.1. The second kappa shape index (κ2) is 7.58. The summed E-state index contributed by atoms with van der Waals surface area (Å²) in [5.41, 5.74) is 1.10. The van der Waals surface area contributed by atoms with Gasteiger partial charge in [-0.1, -0.05) is 0 Å². The molecule has 0 radical (unpaired) electrons. The fourth-order valence-corrected chi connectivity index (χ4v) is 1.81. The zero-order valence-electron chi connectivity index (χ0n) is 11.1. The molecule has 0 aliphatic carbocycles. The van der Waals surface area contributed by atoms with Crippen molar-refractivity contribution in [3.63, 3.8) is 0 Å². The van der Waals surface area contributed by atoms with E-state index in [4.69, 9.17) is 9.84 Å². The van der Waals surface area contributed by atoms with Crippen LogP contribution in [0.4, 0.5) is 5.69 Å². The Hall–Kier alpha value is -1.71. The molecule has 0 aromatic heterocycles. The van der Waals surface area contributed by atoms with Gasteiger partial charge in [-0.2, -0.15) is 0 Å². The van der Waals surface area contributed by atoms with E-state index in [1.54, 1.807) is 0 Å². The summed E-state index contributed by atoms with van der Waals surface area (Å²) in [6, 6.07) is 7.90. The first kappa shape index (κ1) is 14.4. The molecule has 1 rings (SSSR count). The number of rotatable bonds is 8. The maximum absolute atomic E-state index is 10.5. The minimum Gasteiger partial charge on any atom is -0.494 e. The Bertz CT molecular complexity index is 362. The number of ether oxygens (including phenoxy) is 1. The Kier molecular flexibility index (Phi) is 6.05. The van der Waals surface area contributed by atoms with E-state index in [2.05, 4.69) is 11.8 Å². The molecule has 1 N–H and O–H groups in total. The quantitative estimate of drug-likeness (QED) is 0.772. The monoisotopic (exact) mass is 251 g/mol. The number of aliphatic carboxylic acids is 1. The Balaban J connectivity index is 2.55. The first-order chi connectivity index (χ1) is 8.67. The predicted molar refractivity (Wildman–Crippen MR) is 72.4 cm³/mol. The lowest BCUT2D eigenvalue weighted by molar-refractivity contribution is -0.137. The van der Waals surface area contributed by atoms with Gasteiger partial charge in [-0.15, -0.1) is 0 Å². The van der Waals surface area contributed by atoms with Crippen LogP contribution in [0.2, 0.25) is 0 Å². The van der Waals surface area contributed by atoms with Gasteiger partial charge in [-0.25, -0.2) is 0 Å². The Morgan fingerprint density at radius 2 is 1.94 bits per heavy atom. The maximum Gasteiger partial charge on any atom is 0.303 e. The van der Waals surface area contributed by atoms with Crippen molar-refractivity contribution in [1.82, 2.24) is 0 Å². The van der Waals surface area contributed by atoms with Crippen LogP contribution in [0.25, 0.3) is 0 Å². The number of anilines is 1. The normalized spacial score (nSPS) is 10.1. The van der Waals surface area contributed by atoms with Crippen LogP contribution in [0.1, 0.15) is 26.7 Å². The van der Waals surface area contributed by atoms with Gasteiger partial charge in [0.2, 0.25) is 0 Å². The molecular formula is C14H21NO3. The molecule has 0 saturated carbocycles. The summed E-state index contributed by atoms with van der Waals surface area (Å²) >= 11 is 0. The van der Waals surface area contributed by atoms with Crippen molar-refractivity contribution in [3.8, 4) is 5.75 Å². The summed E-state index contributed by atoms with van der Waals surface area (Å²) in [6.07, 6.45) is 0.879. The number of carboxylic acid groups (broad SMARTS) is 1. The van der Waals surface area contributed by atoms with Gasteiger partial charge in [0.15, 0.2) is 0 Å². The van der Waals surface area contributed by atoms with Gasteiger partial charge in [-0.3, -0.25) is 4.79 Å². The van der Waals surface area contributed by atoms with E-state index in [-0.39, 0.29) is 6.42 Å². The molecule has 0 unspecified atom stereocenters. The Morgan fingerprint density at radius 1 is 1.28 bits per heavy atom. The molecule has 0 atom stereocenters. The number of benzene rings is 1. The lowest BCUT2D eigenvalue weighted by Crippen LogP contribution is -2.24. The van der Waals surface area contributed by atoms with Gasteiger partial charge in [0.1, 0.15) is 5.75 Å². The molecule has 100 valence electrons. The second-order valence-electron chi connectivity index (χ2n) is 4.00. The van der Waals surface area contributed by atoms with Crippen LogP contribution in [0.15, 0.2) is 24.3 Å². The molecule has 0 saturated heterocycles. The summed E-state index contributed by atoms with van der Waals surface area (Å²) < 4.78 is 5.39. The Labute approximate surface area is 108 Å². The van der Waals surface area contributed by atoms with Gasteiger partial charge < -0.3 is 14.7 Å². The van der Waals surface area contributed by atoms with E-state index in [1.165, 1.54) is 0 Å². The van der Waals surface area contributed by atoms with Crippen LogP contribution in [-0.4, -0.2) is 30.8 Å². The van der Waals surface area contributed by atoms with Gasteiger partial charge in [0, 0.05) is 25.2 Å². The van der Waals surface area contributed by atoms with Crippen LogP contribution in [0.5, 0.6) is 5.75 Å². The van der Waals surface area contributed by atoms with E-state index in [0.717, 1.165) is 24.5 Å². The first-order valence-electron chi connectivity index (χ1n) is 6.37. The number of hydrogen-bond acceptors (Lipinski definition) is 3. The van der Waals surface area contributed by atoms with Gasteiger partial charge in [-0.05, 0) is 44.5 Å². The minimum atomic E-state index is -0.738. The van der Waals surface area contributed by atoms with Crippen molar-refractivity contribution in [3.05, 3.63) is 24.3 Å². The van der Waals surface area contributed by atoms with Gasteiger partial charge >= 0.3 is 5.97 Å². The maximum atomic E-state index is 10.5. The third kappa shape index (κ3) is 4.65. The summed E-state index contributed by atoms with van der Waals surface area (Å²) in [6.45, 7) is 6.31. The van der Waals surface area contributed by atoms with Crippen molar-refractivity contribution < 1.29 is 14.6 Å². The van der Waals surface area contributed by atoms with E-state index in [9.17, 15) is 4.79 Å². The molecule has 0 spiro atoms. The Morgan fingerprint density at radius 3 is 2.44 bits per heavy atom. The number of carbonyl (C=O) groups is 1. The minimum absolute atomic E-state index is 0.216. The summed E-state index contributed by atoms with van der Waals surface area (Å²) in [5, 5.41) is 8.63. The molecule has 1 aromatic carbocycles. The third-order valence-electron chi connectivity index (χ3n) is 2.71. The topological polar surface area (TPSA) is 49.8 Å². The summed E-state index contributed by atoms with van der Waals surface area (Å²) in [4.78, 5) is 12.7. The van der Waals surface area contributed by atoms with Crippen molar-refractivity contribution in [1.29, 1.82) is 0 Å². The fourth-order valence-electron chi connectivity index (χ4n) is 1.81. The average Bonchev–Trinajstić information content (AvgIpc) is 2.36. The van der Waals surface area contributed by atoms with Crippen molar-refractivity contribution in [2.45, 2.75) is 26.7 Å². The lowest BCUT2D eigenvalue weighted by Gasteiger charge is -2.23. The molecule has 4 nitrogen and oxygen atoms in total. The highest BCUT2D eigenvalue weighted by molar-refractivity contribution is 5.66. The number of hydrogen-bond donors (Lipinski definition) is 1. The predicted octanol–water partition coefficient (Wildman–Crippen LogP) is 2.78. The fraction of sp³-hybridized carbons (Fsp3) is 0.500. The smallest absolute Gasteiger partial charge is 0.303 e. The summed E-state index contributed by atoms with van der Waals surface area (Å²) in [5.74, 6) is 0.126. The molecule has 0 amide bonds. The zero-order chi connectivity index (χ0) is 13.4. The highest BCUT2D eigenvalue weighted by atomic mass is 16.5. The molecular weight excluding hydrogens is 230 g/mol. The third-order valence-corrected chi connectivity index (χ3v) is 2.71. The largest absolute Gasteiger partial charge is 0.494 e. The molecule has 0 heterocycles. The van der Waals surface area contributed by atoms with E-state index in [0.29, 0.717) is 13.0 Å². The van der Waals surface area contributed by atoms with Crippen LogP contribution in [0, 0.1) is 0 Å². The standard InChI is InChI=1S/C14H21NO3/c1-3-15(11-5-6-14(16)17)12-7-9-13(10-8-12)18-4-2/h7-10H,3-6,11H2,1-2H3,(H,16,17). The van der Waals surface area contributed by atoms with Gasteiger partial charge in [0.05, 0.1) is 6.61 Å². The van der Waals surface area contributed by atoms with Crippen molar-refractivity contribution >= 4 is 11.7 Å². The van der Waals surface area contributed by atoms with E-state index >= 15 is 0 Å². The molecule has 0 aliphatic heterocycles. The average molecular weight is 251 g/mol. The van der Waals surface area contributed by atoms with E-state index in [1.807, 2.05) is 31.2 Å². The lowest BCUT2D eigenvalue weighted by atomic mass is 10.2. The highest BCUT2D eigenvalue weighted by Crippen LogP contribution is 2.19. The van der Waals surface area contributed by atoms with Crippen LogP contribution in [-0.2, 0) is 4.79 Å². The van der Waals surface area contributed by atoms with Gasteiger partial charge in [0.25, 0.3) is 0 Å². The molecule has 0 aliphatic rings. The van der Waals surface area contributed by atoms with Crippen molar-refractivity contribution in [2.24, 2.45) is 0 Å². The first-order valence-corrected chi connectivity index (χ1v) is 6.37. The number of carboxylic acids is 1. The summed E-state index contributed by atoms with van der Waals surface area (Å²) in [7, 11) is 0. The van der Waals surface area contributed by atoms with Crippen LogP contribution < -0.4 is 9.64 Å². The molecule has 4 heteroatoms. The second-order valence-corrected chi connectivity index (χ2v) is 4.00. The SMILES string of the molecule is CCOc1ccc(N(CC)CCCC(=O)O)cc1. The highest BCUT2D eigenvalue weighted by Gasteiger charge is 2.05. The molecule has 1 aromatic rings. The molecule has 0 bridgehead atoms. The van der Waals surface area contributed by atoms with E-state index < -0.39 is 5.97 Å². The number of nitrogens with zero attached hydrogens (tertiary/aromatic N) is 1. The van der Waals surface area contributed by atoms with Crippen LogP contribution >= 0.6 is 0 Å². The molecule has 0 fully saturated rings.